The molecule has 2 aliphatic rings. The van der Waals surface area contributed by atoms with Crippen LogP contribution in [0, 0.1) is 18.8 Å². The molecule has 0 amide bonds. The van der Waals surface area contributed by atoms with E-state index in [0.29, 0.717) is 11.5 Å². The smallest absolute Gasteiger partial charge is 0.135 e. The van der Waals surface area contributed by atoms with E-state index in [1.54, 1.807) is 0 Å². The number of hydrogen-bond acceptors (Lipinski definition) is 5. The molecule has 0 N–H and O–H groups in total. The molecule has 0 bridgehead atoms. The minimum absolute atomic E-state index is 0. The van der Waals surface area contributed by atoms with Crippen molar-refractivity contribution in [1.29, 1.82) is 0 Å². The normalized spacial score (nSPS) is 14.4. The molecule has 6 nitrogen and oxygen atoms in total. The van der Waals surface area contributed by atoms with Crippen LogP contribution < -0.4 is 19.4 Å². The summed E-state index contributed by atoms with van der Waals surface area (Å²) in [7, 11) is 0. The number of ether oxygens (including phenoxy) is 1. The summed E-state index contributed by atoms with van der Waals surface area (Å²) in [6.45, 7) is 13.4. The predicted octanol–water partition coefficient (Wildman–Crippen LogP) is 12.9. The third-order valence-corrected chi connectivity index (χ3v) is 11.3. The average Bonchev–Trinajstić information content (AvgIpc) is 3.85. The fourth-order valence-electron chi connectivity index (χ4n) is 8.31. The van der Waals surface area contributed by atoms with Gasteiger partial charge in [0.25, 0.3) is 0 Å². The SMILES string of the molecule is CC(C)(C)c1ccnc(-n2c3[c-]c(Oc4[c-]c(N5C=CN(c6ccc(N7c8ccccc8C(C)(C)c8ccccc87)cc6)[CH-]5)ccc4)ccc3c3ccccc32)c1.[Pt]. The minimum Gasteiger partial charge on any atom is -0.509 e. The Morgan fingerprint density at radius 3 is 2.03 bits per heavy atom. The van der Waals surface area contributed by atoms with Gasteiger partial charge in [-0.1, -0.05) is 94.7 Å². The number of fused-ring (bicyclic) bond motifs is 5. The molecule has 0 spiro atoms. The second kappa shape index (κ2) is 14.4. The Labute approximate surface area is 354 Å². The van der Waals surface area contributed by atoms with Gasteiger partial charge in [0.1, 0.15) is 5.82 Å². The Kier molecular flexibility index (Phi) is 9.29. The Bertz CT molecular complexity index is 2800. The molecule has 2 aromatic heterocycles. The third-order valence-electron chi connectivity index (χ3n) is 11.3. The Morgan fingerprint density at radius 2 is 1.29 bits per heavy atom. The number of benzene rings is 6. The molecular weight excluding hydrogens is 894 g/mol. The predicted molar refractivity (Wildman–Crippen MR) is 233 cm³/mol. The summed E-state index contributed by atoms with van der Waals surface area (Å²) in [4.78, 5) is 11.4. The molecule has 0 atom stereocenters. The number of rotatable bonds is 6. The molecular formula is C51H42N5OPt-3. The summed E-state index contributed by atoms with van der Waals surface area (Å²) < 4.78 is 8.65. The molecule has 0 saturated heterocycles. The third kappa shape index (κ3) is 6.37. The maximum absolute atomic E-state index is 6.47. The summed E-state index contributed by atoms with van der Waals surface area (Å²) in [6, 6.07) is 56.1. The van der Waals surface area contributed by atoms with Crippen molar-refractivity contribution in [3.8, 4) is 17.3 Å². The molecule has 0 radical (unpaired) electrons. The van der Waals surface area contributed by atoms with Gasteiger partial charge in [-0.15, -0.1) is 48.1 Å². The van der Waals surface area contributed by atoms with Gasteiger partial charge in [-0.2, -0.15) is 12.1 Å². The van der Waals surface area contributed by atoms with Crippen molar-refractivity contribution in [2.24, 2.45) is 0 Å². The molecule has 6 aromatic carbocycles. The molecule has 8 aromatic rings. The van der Waals surface area contributed by atoms with Crippen LogP contribution in [-0.2, 0) is 31.9 Å². The molecule has 0 unspecified atom stereocenters. The number of aromatic nitrogens is 2. The molecule has 4 heterocycles. The molecule has 58 heavy (non-hydrogen) atoms. The van der Waals surface area contributed by atoms with E-state index in [2.05, 4.69) is 194 Å². The summed E-state index contributed by atoms with van der Waals surface area (Å²) in [5.74, 6) is 2.07. The van der Waals surface area contributed by atoms with Crippen LogP contribution in [0.3, 0.4) is 0 Å². The first-order valence-corrected chi connectivity index (χ1v) is 19.5. The van der Waals surface area contributed by atoms with Crippen molar-refractivity contribution in [1.82, 2.24) is 9.55 Å². The summed E-state index contributed by atoms with van der Waals surface area (Å²) in [5.41, 5.74) is 11.2. The molecule has 0 aliphatic carbocycles. The number of hydrogen-bond donors (Lipinski definition) is 0. The molecule has 2 aliphatic heterocycles. The van der Waals surface area contributed by atoms with E-state index in [1.165, 1.54) is 28.1 Å². The van der Waals surface area contributed by atoms with Crippen LogP contribution >= 0.6 is 0 Å². The van der Waals surface area contributed by atoms with Gasteiger partial charge in [-0.25, -0.2) is 4.98 Å². The summed E-state index contributed by atoms with van der Waals surface area (Å²) in [6.07, 6.45) is 6.00. The average molecular weight is 936 g/mol. The van der Waals surface area contributed by atoms with E-state index in [1.807, 2.05) is 36.7 Å². The maximum Gasteiger partial charge on any atom is 0.135 e. The monoisotopic (exact) mass is 935 g/mol. The van der Waals surface area contributed by atoms with Crippen molar-refractivity contribution >= 4 is 50.2 Å². The van der Waals surface area contributed by atoms with E-state index in [0.717, 1.165) is 44.7 Å². The van der Waals surface area contributed by atoms with Crippen molar-refractivity contribution in [2.75, 3.05) is 14.7 Å². The fourth-order valence-corrected chi connectivity index (χ4v) is 8.31. The quantitative estimate of drug-likeness (QED) is 0.155. The van der Waals surface area contributed by atoms with E-state index in [4.69, 9.17) is 9.72 Å². The second-order valence-corrected chi connectivity index (χ2v) is 16.3. The van der Waals surface area contributed by atoms with Crippen LogP contribution in [0.15, 0.2) is 158 Å². The van der Waals surface area contributed by atoms with Gasteiger partial charge in [0.15, 0.2) is 0 Å². The van der Waals surface area contributed by atoms with Crippen molar-refractivity contribution in [3.63, 3.8) is 0 Å². The van der Waals surface area contributed by atoms with Crippen molar-refractivity contribution in [3.05, 3.63) is 194 Å². The number of nitrogens with zero attached hydrogens (tertiary/aromatic N) is 5. The molecule has 0 saturated carbocycles. The Hall–Kier alpha value is -6.10. The molecule has 7 heteroatoms. The van der Waals surface area contributed by atoms with Crippen molar-refractivity contribution in [2.45, 2.75) is 45.4 Å². The number of pyridine rings is 1. The topological polar surface area (TPSA) is 36.8 Å². The van der Waals surface area contributed by atoms with Gasteiger partial charge in [0.05, 0.1) is 11.4 Å². The standard InChI is InChI=1S/C51H42N5O.Pt/c1-50(2,3)35-27-28-52-49(31-35)56-45-18-9-6-15-41(45)42-26-25-40(33-48(42)56)57-39-14-12-13-38(32-39)54-30-29-53(34-54)36-21-23-37(24-22-36)55-46-19-10-7-16-43(46)51(4,5)44-17-8-11-20-47(44)55;/h6-31,34H,1-5H3;/q-3;. The zero-order chi connectivity index (χ0) is 38.9. The van der Waals surface area contributed by atoms with Crippen LogP contribution in [0.2, 0.25) is 0 Å². The van der Waals surface area contributed by atoms with Crippen LogP contribution in [-0.4, -0.2) is 9.55 Å². The first-order valence-electron chi connectivity index (χ1n) is 19.5. The fraction of sp³-hybridized carbons (Fsp3) is 0.137. The first-order chi connectivity index (χ1) is 27.6. The molecule has 0 fully saturated rings. The van der Waals surface area contributed by atoms with E-state index in [-0.39, 0.29) is 31.9 Å². The summed E-state index contributed by atoms with van der Waals surface area (Å²) in [5, 5.41) is 2.24. The zero-order valence-corrected chi connectivity index (χ0v) is 35.3. The van der Waals surface area contributed by atoms with Crippen molar-refractivity contribution < 1.29 is 25.8 Å². The largest absolute Gasteiger partial charge is 0.509 e. The van der Waals surface area contributed by atoms with Gasteiger partial charge >= 0.3 is 0 Å². The Morgan fingerprint density at radius 1 is 0.638 bits per heavy atom. The van der Waals surface area contributed by atoms with E-state index in [9.17, 15) is 0 Å². The zero-order valence-electron chi connectivity index (χ0n) is 33.0. The minimum atomic E-state index is -0.0915. The maximum atomic E-state index is 6.47. The van der Waals surface area contributed by atoms with Crippen LogP contribution in [0.4, 0.5) is 28.4 Å². The van der Waals surface area contributed by atoms with Crippen LogP contribution in [0.25, 0.3) is 27.6 Å². The van der Waals surface area contributed by atoms with Gasteiger partial charge < -0.3 is 24.0 Å². The van der Waals surface area contributed by atoms with E-state index >= 15 is 0 Å². The number of para-hydroxylation sites is 3. The Balaban J connectivity index is 0.00000436. The van der Waals surface area contributed by atoms with Gasteiger partial charge in [0.2, 0.25) is 0 Å². The van der Waals surface area contributed by atoms with Gasteiger partial charge in [-0.05, 0) is 94.5 Å². The molecule has 290 valence electrons. The van der Waals surface area contributed by atoms with Crippen LogP contribution in [0.5, 0.6) is 11.5 Å². The van der Waals surface area contributed by atoms with Gasteiger partial charge in [-0.3, -0.25) is 0 Å². The van der Waals surface area contributed by atoms with E-state index < -0.39 is 0 Å². The number of anilines is 5. The van der Waals surface area contributed by atoms with Gasteiger partial charge in [0, 0.05) is 61.1 Å². The second-order valence-electron chi connectivity index (χ2n) is 16.3. The summed E-state index contributed by atoms with van der Waals surface area (Å²) >= 11 is 0. The van der Waals surface area contributed by atoms with Crippen LogP contribution in [0.1, 0.15) is 51.3 Å². The first kappa shape index (κ1) is 37.5. The molecule has 10 rings (SSSR count).